The number of nitrogens with zero attached hydrogens (tertiary/aromatic N) is 3. The first kappa shape index (κ1) is 30.9. The molecule has 1 aliphatic heterocycles. The molecule has 1 aliphatic rings. The van der Waals surface area contributed by atoms with Crippen molar-refractivity contribution in [3.05, 3.63) is 60.3 Å². The van der Waals surface area contributed by atoms with E-state index in [0.717, 1.165) is 11.4 Å². The highest BCUT2D eigenvalue weighted by Gasteiger charge is 2.22. The molecule has 226 valence electrons. The highest BCUT2D eigenvalue weighted by molar-refractivity contribution is 5.88. The molecule has 42 heavy (non-hydrogen) atoms. The van der Waals surface area contributed by atoms with Gasteiger partial charge in [-0.3, -0.25) is 19.6 Å². The van der Waals surface area contributed by atoms with Gasteiger partial charge in [0.1, 0.15) is 29.5 Å². The van der Waals surface area contributed by atoms with Crippen molar-refractivity contribution in [1.82, 2.24) is 20.4 Å². The fourth-order valence-electron chi connectivity index (χ4n) is 3.98. The van der Waals surface area contributed by atoms with E-state index in [9.17, 15) is 9.59 Å². The molecule has 2 aromatic heterocycles. The number of benzene rings is 1. The number of likely N-dealkylation sites (N-methyl/N-ethyl adjacent to an activating group) is 1. The number of hydrogen-bond acceptors (Lipinski definition) is 11. The fourth-order valence-corrected chi connectivity index (χ4v) is 3.98. The van der Waals surface area contributed by atoms with E-state index in [2.05, 4.69) is 20.7 Å². The van der Waals surface area contributed by atoms with E-state index in [1.807, 2.05) is 51.1 Å². The van der Waals surface area contributed by atoms with E-state index in [4.69, 9.17) is 23.4 Å². The van der Waals surface area contributed by atoms with E-state index in [1.54, 1.807) is 19.3 Å². The first-order valence-electron chi connectivity index (χ1n) is 14.0. The smallest absolute Gasteiger partial charge is 0.306 e. The van der Waals surface area contributed by atoms with Crippen molar-refractivity contribution in [1.29, 1.82) is 0 Å². The summed E-state index contributed by atoms with van der Waals surface area (Å²) in [6.45, 7) is 8.30. The molecule has 0 saturated heterocycles. The van der Waals surface area contributed by atoms with E-state index in [-0.39, 0.29) is 17.9 Å². The summed E-state index contributed by atoms with van der Waals surface area (Å²) in [7, 11) is 1.66. The first-order valence-corrected chi connectivity index (χ1v) is 14.0. The number of hydrogen-bond donors (Lipinski definition) is 2. The lowest BCUT2D eigenvalue weighted by Crippen LogP contribution is -2.43. The minimum Gasteiger partial charge on any atom is -0.490 e. The molecule has 0 saturated carbocycles. The van der Waals surface area contributed by atoms with Crippen molar-refractivity contribution >= 4 is 28.7 Å². The number of ether oxygens (including phenoxy) is 4. The number of pyridine rings is 1. The molecule has 12 nitrogen and oxygen atoms in total. The quantitative estimate of drug-likeness (QED) is 0.199. The van der Waals surface area contributed by atoms with Gasteiger partial charge in [0, 0.05) is 31.8 Å². The van der Waals surface area contributed by atoms with Crippen molar-refractivity contribution in [2.45, 2.75) is 51.8 Å². The van der Waals surface area contributed by atoms with Crippen LogP contribution in [0.25, 0.3) is 11.1 Å². The predicted octanol–water partition coefficient (Wildman–Crippen LogP) is 3.94. The van der Waals surface area contributed by atoms with Crippen LogP contribution in [0, 0.1) is 0 Å². The number of esters is 1. The largest absolute Gasteiger partial charge is 0.490 e. The average molecular weight is 582 g/mol. The zero-order chi connectivity index (χ0) is 30.0. The van der Waals surface area contributed by atoms with Gasteiger partial charge in [-0.15, -0.1) is 0 Å². The highest BCUT2D eigenvalue weighted by Crippen LogP contribution is 2.25. The zero-order valence-electron chi connectivity index (χ0n) is 24.6. The monoisotopic (exact) mass is 581 g/mol. The second-order valence-corrected chi connectivity index (χ2v) is 10.7. The summed E-state index contributed by atoms with van der Waals surface area (Å²) in [6, 6.07) is 9.16. The lowest BCUT2D eigenvalue weighted by molar-refractivity contribution is -0.155. The third-order valence-corrected chi connectivity index (χ3v) is 5.99. The second-order valence-electron chi connectivity index (χ2n) is 10.7. The highest BCUT2D eigenvalue weighted by atomic mass is 16.6. The summed E-state index contributed by atoms with van der Waals surface area (Å²) in [5.74, 6) is 0.813. The molecule has 1 amide bonds. The minimum absolute atomic E-state index is 0.126. The predicted molar refractivity (Wildman–Crippen MR) is 156 cm³/mol. The van der Waals surface area contributed by atoms with E-state index in [1.165, 1.54) is 11.1 Å². The summed E-state index contributed by atoms with van der Waals surface area (Å²) in [6.07, 6.45) is 5.87. The molecule has 0 spiro atoms. The first-order chi connectivity index (χ1) is 20.2. The maximum absolute atomic E-state index is 11.6. The van der Waals surface area contributed by atoms with Crippen LogP contribution in [0.3, 0.4) is 0 Å². The molecule has 1 atom stereocenters. The van der Waals surface area contributed by atoms with Gasteiger partial charge in [0.05, 0.1) is 38.3 Å². The zero-order valence-corrected chi connectivity index (χ0v) is 24.6. The van der Waals surface area contributed by atoms with Crippen LogP contribution in [-0.4, -0.2) is 72.5 Å². The van der Waals surface area contributed by atoms with Crippen LogP contribution in [0.2, 0.25) is 0 Å². The number of carbonyl (C=O) groups excluding carboxylic acids is 2. The van der Waals surface area contributed by atoms with Gasteiger partial charge in [0.25, 0.3) is 5.91 Å². The van der Waals surface area contributed by atoms with Crippen LogP contribution in [0.1, 0.15) is 51.2 Å². The van der Waals surface area contributed by atoms with Crippen molar-refractivity contribution < 1.29 is 33.0 Å². The molecule has 1 aromatic carbocycles. The SMILES string of the molecule is CN1NC(c2nc3cc(NCc4ccc(OCCOCCOCCCC(=O)OC(C)(C)C)cn4)ccc3o2)C=CC1=O. The van der Waals surface area contributed by atoms with Crippen molar-refractivity contribution in [2.24, 2.45) is 0 Å². The van der Waals surface area contributed by atoms with Gasteiger partial charge < -0.3 is 28.7 Å². The normalized spacial score (nSPS) is 15.3. The third-order valence-electron chi connectivity index (χ3n) is 5.99. The molecule has 3 aromatic rings. The molecule has 1 unspecified atom stereocenters. The van der Waals surface area contributed by atoms with Gasteiger partial charge in [-0.05, 0) is 57.5 Å². The van der Waals surface area contributed by atoms with Crippen LogP contribution in [-0.2, 0) is 30.3 Å². The Balaban J connectivity index is 1.09. The van der Waals surface area contributed by atoms with Gasteiger partial charge >= 0.3 is 5.97 Å². The molecule has 4 rings (SSSR count). The van der Waals surface area contributed by atoms with Crippen LogP contribution < -0.4 is 15.5 Å². The van der Waals surface area contributed by atoms with Crippen molar-refractivity contribution in [3.8, 4) is 5.75 Å². The van der Waals surface area contributed by atoms with Crippen LogP contribution in [0.4, 0.5) is 5.69 Å². The number of carbonyl (C=O) groups is 2. The molecule has 12 heteroatoms. The molecule has 0 fully saturated rings. The van der Waals surface area contributed by atoms with Crippen molar-refractivity contribution in [2.75, 3.05) is 45.4 Å². The Morgan fingerprint density at radius 3 is 2.62 bits per heavy atom. The Morgan fingerprint density at radius 2 is 1.88 bits per heavy atom. The van der Waals surface area contributed by atoms with Crippen molar-refractivity contribution in [3.63, 3.8) is 0 Å². The Hall–Kier alpha value is -4.00. The summed E-state index contributed by atoms with van der Waals surface area (Å²) >= 11 is 0. The molecule has 2 N–H and O–H groups in total. The maximum atomic E-state index is 11.6. The topological polar surface area (TPSA) is 137 Å². The summed E-state index contributed by atoms with van der Waals surface area (Å²) in [5.41, 5.74) is 5.69. The molecular formula is C30H39N5O7. The average Bonchev–Trinajstić information content (AvgIpc) is 3.37. The van der Waals surface area contributed by atoms with E-state index >= 15 is 0 Å². The standard InChI is InChI=1S/C30H39N5O7/c1-30(2,3)42-28(37)6-5-13-38-14-15-39-16-17-40-23-9-7-22(32-20-23)19-31-21-8-11-26-25(18-21)33-29(41-26)24-10-12-27(36)35(4)34-24/h7-12,18,20,24,31,34H,5-6,13-17,19H2,1-4H3. The molecule has 3 heterocycles. The Bertz CT molecular complexity index is 1350. The number of anilines is 1. The molecular weight excluding hydrogens is 542 g/mol. The number of rotatable bonds is 15. The second kappa shape index (κ2) is 14.8. The van der Waals surface area contributed by atoms with E-state index < -0.39 is 5.60 Å². The van der Waals surface area contributed by atoms with Gasteiger partial charge in [-0.25, -0.2) is 10.4 Å². The third kappa shape index (κ3) is 9.82. The summed E-state index contributed by atoms with van der Waals surface area (Å²) < 4.78 is 27.8. The van der Waals surface area contributed by atoms with Crippen LogP contribution in [0.5, 0.6) is 5.75 Å². The van der Waals surface area contributed by atoms with Gasteiger partial charge in [-0.2, -0.15) is 0 Å². The lowest BCUT2D eigenvalue weighted by atomic mass is 10.2. The fraction of sp³-hybridized carbons (Fsp3) is 0.467. The molecule has 0 radical (unpaired) electrons. The van der Waals surface area contributed by atoms with Crippen LogP contribution in [0.15, 0.2) is 53.1 Å². The van der Waals surface area contributed by atoms with Gasteiger partial charge in [0.15, 0.2) is 5.58 Å². The summed E-state index contributed by atoms with van der Waals surface area (Å²) in [4.78, 5) is 32.3. The van der Waals surface area contributed by atoms with E-state index in [0.29, 0.717) is 75.2 Å². The number of aromatic nitrogens is 2. The number of amides is 1. The Morgan fingerprint density at radius 1 is 1.10 bits per heavy atom. The molecule has 0 bridgehead atoms. The van der Waals surface area contributed by atoms with Crippen LogP contribution >= 0.6 is 0 Å². The maximum Gasteiger partial charge on any atom is 0.306 e. The van der Waals surface area contributed by atoms with Gasteiger partial charge in [0.2, 0.25) is 5.89 Å². The number of nitrogens with one attached hydrogen (secondary N) is 2. The minimum atomic E-state index is -0.459. The summed E-state index contributed by atoms with van der Waals surface area (Å²) in [5, 5.41) is 4.75. The number of hydrazine groups is 1. The molecule has 0 aliphatic carbocycles. The Kier molecular flexibility index (Phi) is 10.9. The van der Waals surface area contributed by atoms with Gasteiger partial charge in [-0.1, -0.05) is 6.08 Å². The number of fused-ring (bicyclic) bond motifs is 1. The Labute approximate surface area is 245 Å². The lowest BCUT2D eigenvalue weighted by Gasteiger charge is -2.24. The number of oxazole rings is 1.